The molecule has 2 aromatic heterocycles. The second-order valence-corrected chi connectivity index (χ2v) is 3.32. The summed E-state index contributed by atoms with van der Waals surface area (Å²) >= 11 is 0. The second-order valence-electron chi connectivity index (χ2n) is 3.32. The average molecular weight is 207 g/mol. The Labute approximate surface area is 87.0 Å². The third-order valence-electron chi connectivity index (χ3n) is 2.15. The van der Waals surface area contributed by atoms with Gasteiger partial charge in [-0.3, -0.25) is 10.5 Å². The average Bonchev–Trinajstić information content (AvgIpc) is 2.85. The van der Waals surface area contributed by atoms with Gasteiger partial charge in [0.2, 0.25) is 0 Å². The van der Waals surface area contributed by atoms with Gasteiger partial charge in [-0.1, -0.05) is 5.21 Å². The maximum atomic E-state index is 5.45. The Morgan fingerprint density at radius 2 is 2.53 bits per heavy atom. The van der Waals surface area contributed by atoms with Crippen molar-refractivity contribution in [3.63, 3.8) is 0 Å². The van der Waals surface area contributed by atoms with Crippen LogP contribution in [-0.2, 0) is 13.5 Å². The summed E-state index contributed by atoms with van der Waals surface area (Å²) in [5.74, 6) is 6.25. The molecular formula is C9H13N5O. The monoisotopic (exact) mass is 207 g/mol. The molecule has 0 bridgehead atoms. The predicted octanol–water partition coefficient (Wildman–Crippen LogP) is 0.155. The Balaban J connectivity index is 2.09. The van der Waals surface area contributed by atoms with E-state index in [9.17, 15) is 0 Å². The summed E-state index contributed by atoms with van der Waals surface area (Å²) in [7, 11) is 1.83. The number of nitrogens with zero attached hydrogens (tertiary/aromatic N) is 3. The van der Waals surface area contributed by atoms with Crippen molar-refractivity contribution in [1.82, 2.24) is 20.4 Å². The van der Waals surface area contributed by atoms with E-state index >= 15 is 0 Å². The lowest BCUT2D eigenvalue weighted by Crippen LogP contribution is -2.29. The van der Waals surface area contributed by atoms with Crippen molar-refractivity contribution < 1.29 is 4.42 Å². The van der Waals surface area contributed by atoms with Crippen molar-refractivity contribution in [1.29, 1.82) is 0 Å². The molecule has 0 aliphatic heterocycles. The molecule has 1 atom stereocenters. The largest absolute Gasteiger partial charge is 0.468 e. The van der Waals surface area contributed by atoms with Gasteiger partial charge in [-0.15, -0.1) is 5.10 Å². The van der Waals surface area contributed by atoms with Crippen LogP contribution in [0.5, 0.6) is 0 Å². The highest BCUT2D eigenvalue weighted by Crippen LogP contribution is 2.16. The quantitative estimate of drug-likeness (QED) is 0.551. The van der Waals surface area contributed by atoms with Crippen molar-refractivity contribution >= 4 is 0 Å². The molecular weight excluding hydrogens is 194 g/mol. The normalized spacial score (nSPS) is 12.9. The van der Waals surface area contributed by atoms with E-state index in [0.29, 0.717) is 6.42 Å². The molecule has 2 aromatic rings. The number of furan rings is 1. The van der Waals surface area contributed by atoms with Crippen LogP contribution in [0, 0.1) is 0 Å². The minimum absolute atomic E-state index is 0.0725. The van der Waals surface area contributed by atoms with Crippen LogP contribution in [0.25, 0.3) is 0 Å². The first-order valence-corrected chi connectivity index (χ1v) is 4.64. The minimum Gasteiger partial charge on any atom is -0.468 e. The van der Waals surface area contributed by atoms with Gasteiger partial charge in [0.1, 0.15) is 5.76 Å². The lowest BCUT2D eigenvalue weighted by molar-refractivity contribution is 0.414. The predicted molar refractivity (Wildman–Crippen MR) is 53.5 cm³/mol. The molecule has 2 rings (SSSR count). The van der Waals surface area contributed by atoms with E-state index in [1.54, 1.807) is 10.9 Å². The van der Waals surface area contributed by atoms with Crippen LogP contribution < -0.4 is 11.3 Å². The lowest BCUT2D eigenvalue weighted by Gasteiger charge is -2.10. The summed E-state index contributed by atoms with van der Waals surface area (Å²) in [6.07, 6.45) is 4.13. The highest BCUT2D eigenvalue weighted by Gasteiger charge is 2.14. The maximum absolute atomic E-state index is 5.45. The van der Waals surface area contributed by atoms with Gasteiger partial charge in [-0.05, 0) is 12.1 Å². The number of aromatic nitrogens is 3. The number of hydrazine groups is 1. The maximum Gasteiger partial charge on any atom is 0.122 e. The number of nitrogens with two attached hydrogens (primary N) is 1. The van der Waals surface area contributed by atoms with E-state index in [1.165, 1.54) is 0 Å². The molecule has 15 heavy (non-hydrogen) atoms. The van der Waals surface area contributed by atoms with Crippen molar-refractivity contribution in [2.75, 3.05) is 0 Å². The molecule has 1 unspecified atom stereocenters. The summed E-state index contributed by atoms with van der Waals surface area (Å²) in [5.41, 5.74) is 3.56. The van der Waals surface area contributed by atoms with Gasteiger partial charge in [0.05, 0.1) is 18.0 Å². The fourth-order valence-corrected chi connectivity index (χ4v) is 1.43. The topological polar surface area (TPSA) is 81.9 Å². The smallest absolute Gasteiger partial charge is 0.122 e. The van der Waals surface area contributed by atoms with Crippen LogP contribution in [0.2, 0.25) is 0 Å². The lowest BCUT2D eigenvalue weighted by atomic mass is 10.1. The first-order valence-electron chi connectivity index (χ1n) is 4.64. The molecule has 0 spiro atoms. The number of hydrogen-bond acceptors (Lipinski definition) is 5. The van der Waals surface area contributed by atoms with E-state index in [-0.39, 0.29) is 6.04 Å². The highest BCUT2D eigenvalue weighted by atomic mass is 16.3. The van der Waals surface area contributed by atoms with Crippen LogP contribution in [-0.4, -0.2) is 15.0 Å². The first kappa shape index (κ1) is 9.88. The Morgan fingerprint density at radius 3 is 3.07 bits per heavy atom. The number of rotatable bonds is 4. The summed E-state index contributed by atoms with van der Waals surface area (Å²) in [4.78, 5) is 0. The summed E-state index contributed by atoms with van der Waals surface area (Å²) in [5, 5.41) is 7.84. The van der Waals surface area contributed by atoms with E-state index in [4.69, 9.17) is 10.3 Å². The zero-order valence-corrected chi connectivity index (χ0v) is 8.42. The zero-order chi connectivity index (χ0) is 10.7. The third-order valence-corrected chi connectivity index (χ3v) is 2.15. The Hall–Kier alpha value is -1.66. The third kappa shape index (κ3) is 2.23. The van der Waals surface area contributed by atoms with Gasteiger partial charge in [-0.25, -0.2) is 5.43 Å². The Morgan fingerprint density at radius 1 is 1.67 bits per heavy atom. The molecule has 0 aromatic carbocycles. The van der Waals surface area contributed by atoms with Crippen LogP contribution in [0.15, 0.2) is 29.0 Å². The van der Waals surface area contributed by atoms with Crippen molar-refractivity contribution in [3.8, 4) is 0 Å². The van der Waals surface area contributed by atoms with Crippen LogP contribution in [0.4, 0.5) is 0 Å². The fourth-order valence-electron chi connectivity index (χ4n) is 1.43. The summed E-state index contributed by atoms with van der Waals surface area (Å²) in [6.45, 7) is 0. The van der Waals surface area contributed by atoms with E-state index in [1.807, 2.05) is 25.4 Å². The molecule has 0 saturated heterocycles. The van der Waals surface area contributed by atoms with Crippen LogP contribution >= 0.6 is 0 Å². The van der Waals surface area contributed by atoms with Gasteiger partial charge < -0.3 is 4.42 Å². The fraction of sp³-hybridized carbons (Fsp3) is 0.333. The minimum atomic E-state index is -0.0725. The Kier molecular flexibility index (Phi) is 2.79. The van der Waals surface area contributed by atoms with Gasteiger partial charge in [0.25, 0.3) is 0 Å². The van der Waals surface area contributed by atoms with Crippen molar-refractivity contribution in [3.05, 3.63) is 36.0 Å². The van der Waals surface area contributed by atoms with Crippen molar-refractivity contribution in [2.24, 2.45) is 12.9 Å². The molecule has 6 nitrogen and oxygen atoms in total. The Bertz CT molecular complexity index is 408. The number of hydrogen-bond donors (Lipinski definition) is 2. The standard InChI is InChI=1S/C9H13N5O/c1-14-6-7(12-13-14)5-8(11-10)9-3-2-4-15-9/h2-4,6,8,11H,5,10H2,1H3. The van der Waals surface area contributed by atoms with Gasteiger partial charge in [-0.2, -0.15) is 0 Å². The molecule has 3 N–H and O–H groups in total. The molecule has 0 saturated carbocycles. The van der Waals surface area contributed by atoms with Gasteiger partial charge in [0.15, 0.2) is 0 Å². The first-order chi connectivity index (χ1) is 7.29. The molecule has 0 aliphatic carbocycles. The SMILES string of the molecule is Cn1cc(CC(NN)c2ccco2)nn1. The summed E-state index contributed by atoms with van der Waals surface area (Å²) < 4.78 is 6.93. The van der Waals surface area contributed by atoms with E-state index in [0.717, 1.165) is 11.5 Å². The zero-order valence-electron chi connectivity index (χ0n) is 8.42. The number of aryl methyl sites for hydroxylation is 1. The van der Waals surface area contributed by atoms with Crippen LogP contribution in [0.1, 0.15) is 17.5 Å². The van der Waals surface area contributed by atoms with Crippen molar-refractivity contribution in [2.45, 2.75) is 12.5 Å². The molecule has 0 aliphatic rings. The van der Waals surface area contributed by atoms with Crippen LogP contribution in [0.3, 0.4) is 0 Å². The molecule has 0 amide bonds. The second kappa shape index (κ2) is 4.24. The number of nitrogens with one attached hydrogen (secondary N) is 1. The van der Waals surface area contributed by atoms with Gasteiger partial charge in [0, 0.05) is 19.7 Å². The van der Waals surface area contributed by atoms with Gasteiger partial charge >= 0.3 is 0 Å². The highest BCUT2D eigenvalue weighted by molar-refractivity contribution is 5.08. The van der Waals surface area contributed by atoms with E-state index < -0.39 is 0 Å². The van der Waals surface area contributed by atoms with E-state index in [2.05, 4.69) is 15.7 Å². The molecule has 2 heterocycles. The molecule has 6 heteroatoms. The molecule has 80 valence electrons. The molecule has 0 radical (unpaired) electrons. The summed E-state index contributed by atoms with van der Waals surface area (Å²) in [6, 6.07) is 3.63. The molecule has 0 fully saturated rings.